The molecule has 7 nitrogen and oxygen atoms in total. The monoisotopic (exact) mass is 493 g/mol. The third kappa shape index (κ3) is 5.62. The minimum Gasteiger partial charge on any atom is -0.431 e. The first-order valence-electron chi connectivity index (χ1n) is 9.22. The molecule has 0 radical (unpaired) electrons. The maximum Gasteiger partial charge on any atom is 0.573 e. The molecule has 0 spiro atoms. The highest BCUT2D eigenvalue weighted by Crippen LogP contribution is 2.35. The lowest BCUT2D eigenvalue weighted by Crippen LogP contribution is -2.16. The average Bonchev–Trinajstić information content (AvgIpc) is 2.74. The summed E-state index contributed by atoms with van der Waals surface area (Å²) in [5, 5.41) is 3.21. The molecule has 0 saturated carbocycles. The maximum atomic E-state index is 12.8. The molecule has 0 unspecified atom stereocenters. The van der Waals surface area contributed by atoms with Gasteiger partial charge in [-0.2, -0.15) is 0 Å². The van der Waals surface area contributed by atoms with E-state index >= 15 is 0 Å². The number of anilines is 2. The molecule has 0 fully saturated rings. The Morgan fingerprint density at radius 1 is 0.879 bits per heavy atom. The molecule has 33 heavy (non-hydrogen) atoms. The summed E-state index contributed by atoms with van der Waals surface area (Å²) in [5.74, 6) is -0.636. The van der Waals surface area contributed by atoms with Crippen molar-refractivity contribution < 1.29 is 26.3 Å². The Kier molecular flexibility index (Phi) is 6.00. The number of halogens is 4. The van der Waals surface area contributed by atoms with E-state index in [1.807, 2.05) is 0 Å². The van der Waals surface area contributed by atoms with Gasteiger partial charge in [0.05, 0.1) is 10.4 Å². The zero-order chi connectivity index (χ0) is 23.6. The fourth-order valence-corrected chi connectivity index (χ4v) is 3.85. The highest BCUT2D eigenvalue weighted by atomic mass is 35.5. The van der Waals surface area contributed by atoms with E-state index in [1.165, 1.54) is 36.4 Å². The standard InChI is InChI=1S/C21H13ClF3N4O3S/c22-13-5-11-16(12-6-13)33(30,31)29-20-19(27-17-3-1-2-4-18(17)28-20)26-14-7-9-15(10-8-14)32-21(23,24)25/h1-12H,(H-,26,27,28,29)/q-1. The molecule has 1 heterocycles. The van der Waals surface area contributed by atoms with Gasteiger partial charge in [-0.1, -0.05) is 29.8 Å². The SMILES string of the molecule is O=S(=O)([N-]c1nc2ccccc2nc1Nc1ccc(OC(F)(F)F)cc1)c1ccc(Cl)cc1. The van der Waals surface area contributed by atoms with Gasteiger partial charge >= 0.3 is 6.36 Å². The quantitative estimate of drug-likeness (QED) is 0.337. The van der Waals surface area contributed by atoms with Crippen LogP contribution in [-0.2, 0) is 10.0 Å². The molecule has 3 aromatic carbocycles. The number of hydrogen-bond donors (Lipinski definition) is 1. The van der Waals surface area contributed by atoms with E-state index in [1.54, 1.807) is 24.3 Å². The third-order valence-corrected chi connectivity index (χ3v) is 5.75. The number of ether oxygens (including phenoxy) is 1. The van der Waals surface area contributed by atoms with Gasteiger partial charge in [-0.15, -0.1) is 13.2 Å². The number of nitrogens with zero attached hydrogens (tertiary/aromatic N) is 3. The summed E-state index contributed by atoms with van der Waals surface area (Å²) in [5.41, 5.74) is 1.18. The van der Waals surface area contributed by atoms with Crippen molar-refractivity contribution in [3.63, 3.8) is 0 Å². The summed E-state index contributed by atoms with van der Waals surface area (Å²) in [4.78, 5) is 8.58. The van der Waals surface area contributed by atoms with Crippen LogP contribution in [0.4, 0.5) is 30.5 Å². The number of para-hydroxylation sites is 2. The molecular weight excluding hydrogens is 481 g/mol. The summed E-state index contributed by atoms with van der Waals surface area (Å²) in [6.07, 6.45) is -4.82. The van der Waals surface area contributed by atoms with Crippen molar-refractivity contribution in [2.45, 2.75) is 11.3 Å². The van der Waals surface area contributed by atoms with Gasteiger partial charge < -0.3 is 19.8 Å². The molecule has 0 atom stereocenters. The van der Waals surface area contributed by atoms with Crippen molar-refractivity contribution in [2.75, 3.05) is 5.32 Å². The van der Waals surface area contributed by atoms with E-state index in [2.05, 4.69) is 24.7 Å². The second-order valence-corrected chi connectivity index (χ2v) is 8.64. The summed E-state index contributed by atoms with van der Waals surface area (Å²) >= 11 is 5.82. The van der Waals surface area contributed by atoms with E-state index in [9.17, 15) is 21.6 Å². The number of nitrogens with one attached hydrogen (secondary N) is 1. The number of fused-ring (bicyclic) bond motifs is 1. The molecule has 0 aliphatic rings. The molecule has 0 bridgehead atoms. The number of aromatic nitrogens is 2. The van der Waals surface area contributed by atoms with Crippen LogP contribution in [0, 0.1) is 0 Å². The number of sulfonamides is 1. The molecule has 1 aromatic heterocycles. The predicted octanol–water partition coefficient (Wildman–Crippen LogP) is 6.32. The first-order chi connectivity index (χ1) is 15.6. The topological polar surface area (TPSA) is 95.3 Å². The fourth-order valence-electron chi connectivity index (χ4n) is 2.79. The van der Waals surface area contributed by atoms with Gasteiger partial charge in [-0.05, 0) is 65.9 Å². The number of benzene rings is 3. The second kappa shape index (κ2) is 8.75. The van der Waals surface area contributed by atoms with Gasteiger partial charge in [-0.3, -0.25) is 0 Å². The second-order valence-electron chi connectivity index (χ2n) is 6.60. The molecule has 0 amide bonds. The van der Waals surface area contributed by atoms with Crippen molar-refractivity contribution >= 4 is 50.0 Å². The van der Waals surface area contributed by atoms with Crippen LogP contribution in [-0.4, -0.2) is 24.7 Å². The number of alkyl halides is 3. The fraction of sp³-hybridized carbons (Fsp3) is 0.0476. The Bertz CT molecular complexity index is 1400. The molecule has 1 N–H and O–H groups in total. The van der Waals surface area contributed by atoms with Crippen LogP contribution in [0.5, 0.6) is 5.75 Å². The summed E-state index contributed by atoms with van der Waals surface area (Å²) in [6, 6.07) is 17.0. The van der Waals surface area contributed by atoms with Crippen molar-refractivity contribution in [1.82, 2.24) is 9.97 Å². The Balaban J connectivity index is 1.68. The zero-order valence-corrected chi connectivity index (χ0v) is 18.0. The molecule has 4 rings (SSSR count). The van der Waals surface area contributed by atoms with Crippen LogP contribution < -0.4 is 10.1 Å². The third-order valence-electron chi connectivity index (χ3n) is 4.22. The van der Waals surface area contributed by atoms with Gasteiger partial charge in [0.25, 0.3) is 0 Å². The van der Waals surface area contributed by atoms with Gasteiger partial charge in [0.15, 0.2) is 0 Å². The van der Waals surface area contributed by atoms with Crippen LogP contribution in [0.3, 0.4) is 0 Å². The molecule has 4 aromatic rings. The highest BCUT2D eigenvalue weighted by molar-refractivity contribution is 7.94. The lowest BCUT2D eigenvalue weighted by Gasteiger charge is -2.21. The van der Waals surface area contributed by atoms with E-state index in [0.29, 0.717) is 21.7 Å². The minimum atomic E-state index is -4.82. The van der Waals surface area contributed by atoms with Crippen molar-refractivity contribution in [3.8, 4) is 5.75 Å². The lowest BCUT2D eigenvalue weighted by molar-refractivity contribution is -0.274. The van der Waals surface area contributed by atoms with Crippen molar-refractivity contribution in [1.29, 1.82) is 0 Å². The van der Waals surface area contributed by atoms with Gasteiger partial charge in [-0.25, -0.2) is 13.4 Å². The zero-order valence-electron chi connectivity index (χ0n) is 16.4. The highest BCUT2D eigenvalue weighted by Gasteiger charge is 2.30. The van der Waals surface area contributed by atoms with Crippen molar-refractivity contribution in [3.05, 3.63) is 82.5 Å². The Morgan fingerprint density at radius 3 is 2.09 bits per heavy atom. The van der Waals surface area contributed by atoms with Gasteiger partial charge in [0.2, 0.25) is 10.0 Å². The molecule has 0 saturated heterocycles. The summed E-state index contributed by atoms with van der Waals surface area (Å²) in [7, 11) is -4.16. The molecule has 12 heteroatoms. The van der Waals surface area contributed by atoms with Gasteiger partial charge in [0.1, 0.15) is 11.6 Å². The predicted molar refractivity (Wildman–Crippen MR) is 118 cm³/mol. The normalized spacial score (nSPS) is 11.9. The molecular formula is C21H13ClF3N4O3S-. The van der Waals surface area contributed by atoms with E-state index in [-0.39, 0.29) is 16.5 Å². The number of hydrogen-bond acceptors (Lipinski definition) is 6. The van der Waals surface area contributed by atoms with Gasteiger partial charge in [0, 0.05) is 10.7 Å². The van der Waals surface area contributed by atoms with Crippen LogP contribution in [0.2, 0.25) is 5.02 Å². The largest absolute Gasteiger partial charge is 0.573 e. The molecule has 170 valence electrons. The Labute approximate surface area is 191 Å². The average molecular weight is 494 g/mol. The molecule has 0 aliphatic carbocycles. The van der Waals surface area contributed by atoms with E-state index < -0.39 is 22.1 Å². The minimum absolute atomic E-state index is 0.00396. The van der Waals surface area contributed by atoms with Crippen LogP contribution in [0.25, 0.3) is 15.8 Å². The smallest absolute Gasteiger partial charge is 0.431 e. The Hall–Kier alpha value is -3.57. The first kappa shape index (κ1) is 22.6. The van der Waals surface area contributed by atoms with E-state index in [4.69, 9.17) is 11.6 Å². The summed E-state index contributed by atoms with van der Waals surface area (Å²) in [6.45, 7) is 0. The van der Waals surface area contributed by atoms with Crippen molar-refractivity contribution in [2.24, 2.45) is 0 Å². The van der Waals surface area contributed by atoms with Crippen LogP contribution >= 0.6 is 11.6 Å². The first-order valence-corrected chi connectivity index (χ1v) is 11.0. The maximum absolute atomic E-state index is 12.8. The lowest BCUT2D eigenvalue weighted by atomic mass is 10.3. The Morgan fingerprint density at radius 2 is 1.48 bits per heavy atom. The van der Waals surface area contributed by atoms with Crippen LogP contribution in [0.15, 0.2) is 77.7 Å². The van der Waals surface area contributed by atoms with E-state index in [0.717, 1.165) is 12.1 Å². The summed E-state index contributed by atoms with van der Waals surface area (Å²) < 4.78 is 70.4. The van der Waals surface area contributed by atoms with Crippen LogP contribution in [0.1, 0.15) is 0 Å². The number of rotatable bonds is 6. The molecule has 0 aliphatic heterocycles.